The molecule has 1 saturated carbocycles. The summed E-state index contributed by atoms with van der Waals surface area (Å²) in [6.45, 7) is 10.1. The lowest BCUT2D eigenvalue weighted by Crippen LogP contribution is -2.22. The highest BCUT2D eigenvalue weighted by Crippen LogP contribution is 2.40. The van der Waals surface area contributed by atoms with Gasteiger partial charge in [-0.05, 0) is 56.0 Å². The lowest BCUT2D eigenvalue weighted by Gasteiger charge is -2.18. The van der Waals surface area contributed by atoms with E-state index in [-0.39, 0.29) is 24.0 Å². The van der Waals surface area contributed by atoms with E-state index in [9.17, 15) is 9.18 Å². The fourth-order valence-corrected chi connectivity index (χ4v) is 5.57. The van der Waals surface area contributed by atoms with E-state index in [1.54, 1.807) is 18.3 Å². The van der Waals surface area contributed by atoms with Crippen LogP contribution in [-0.2, 0) is 11.5 Å². The number of nitrogens with one attached hydrogen (secondary N) is 1. The molecule has 218 valence electrons. The molecule has 10 nitrogen and oxygen atoms in total. The number of halogens is 1. The van der Waals surface area contributed by atoms with Gasteiger partial charge in [0.2, 0.25) is 5.82 Å². The molecule has 0 bridgehead atoms. The molecule has 0 aliphatic heterocycles. The van der Waals surface area contributed by atoms with Crippen molar-refractivity contribution in [2.75, 3.05) is 13.2 Å². The van der Waals surface area contributed by atoms with Crippen molar-refractivity contribution < 1.29 is 18.4 Å². The second-order valence-corrected chi connectivity index (χ2v) is 17.5. The van der Waals surface area contributed by atoms with Gasteiger partial charge in [0.25, 0.3) is 11.4 Å². The average Bonchev–Trinajstić information content (AvgIpc) is 3.57. The third-order valence-electron chi connectivity index (χ3n) is 7.36. The predicted octanol–water partition coefficient (Wildman–Crippen LogP) is 6.05. The van der Waals surface area contributed by atoms with E-state index in [0.29, 0.717) is 64.0 Å². The van der Waals surface area contributed by atoms with Crippen molar-refractivity contribution >= 4 is 18.8 Å². The molecule has 42 heavy (non-hydrogen) atoms. The van der Waals surface area contributed by atoms with Crippen molar-refractivity contribution in [2.24, 2.45) is 5.92 Å². The number of ether oxygens (including phenoxy) is 2. The minimum atomic E-state index is -1.32. The molecule has 1 aliphatic rings. The number of hydrogen-bond acceptors (Lipinski definition) is 8. The van der Waals surface area contributed by atoms with Crippen molar-refractivity contribution in [1.82, 2.24) is 29.7 Å². The third kappa shape index (κ3) is 5.90. The van der Waals surface area contributed by atoms with Crippen molar-refractivity contribution in [2.45, 2.75) is 52.2 Å². The highest BCUT2D eigenvalue weighted by molar-refractivity contribution is 6.76. The van der Waals surface area contributed by atoms with Gasteiger partial charge in [-0.15, -0.1) is 0 Å². The van der Waals surface area contributed by atoms with Gasteiger partial charge >= 0.3 is 0 Å². The summed E-state index contributed by atoms with van der Waals surface area (Å²) in [6, 6.07) is 7.27. The van der Waals surface area contributed by atoms with Crippen LogP contribution in [0.1, 0.15) is 18.5 Å². The van der Waals surface area contributed by atoms with E-state index in [2.05, 4.69) is 44.7 Å². The summed E-state index contributed by atoms with van der Waals surface area (Å²) in [5, 5.41) is 5.08. The molecule has 1 aliphatic carbocycles. The molecule has 1 aromatic carbocycles. The smallest absolute Gasteiger partial charge is 0.274 e. The zero-order valence-electron chi connectivity index (χ0n) is 24.1. The number of benzene rings is 1. The zero-order valence-corrected chi connectivity index (χ0v) is 25.1. The number of aromatic nitrogens is 6. The van der Waals surface area contributed by atoms with Gasteiger partial charge < -0.3 is 23.5 Å². The monoisotopic (exact) mass is 588 g/mol. The van der Waals surface area contributed by atoms with Crippen LogP contribution in [0, 0.1) is 18.7 Å². The molecule has 0 radical (unpaired) electrons. The van der Waals surface area contributed by atoms with Gasteiger partial charge in [-0.1, -0.05) is 24.8 Å². The predicted molar refractivity (Wildman–Crippen MR) is 159 cm³/mol. The van der Waals surface area contributed by atoms with Crippen molar-refractivity contribution in [3.8, 4) is 40.1 Å². The maximum Gasteiger partial charge on any atom is 0.274 e. The van der Waals surface area contributed by atoms with Crippen molar-refractivity contribution in [3.63, 3.8) is 0 Å². The van der Waals surface area contributed by atoms with Gasteiger partial charge in [-0.3, -0.25) is 9.78 Å². The molecule has 12 heteroatoms. The Morgan fingerprint density at radius 1 is 1.19 bits per heavy atom. The first kappa shape index (κ1) is 28.0. The Hall–Kier alpha value is -4.16. The average molecular weight is 589 g/mol. The highest BCUT2D eigenvalue weighted by Gasteiger charge is 2.26. The Morgan fingerprint density at radius 3 is 2.76 bits per heavy atom. The zero-order chi connectivity index (χ0) is 29.4. The second kappa shape index (κ2) is 11.3. The molecule has 6 rings (SSSR count). The van der Waals surface area contributed by atoms with Crippen LogP contribution < -0.4 is 10.3 Å². The van der Waals surface area contributed by atoms with E-state index in [1.165, 1.54) is 24.5 Å². The van der Waals surface area contributed by atoms with Gasteiger partial charge in [0.15, 0.2) is 0 Å². The first-order valence-electron chi connectivity index (χ1n) is 14.0. The van der Waals surface area contributed by atoms with E-state index in [1.807, 2.05) is 11.5 Å². The molecular formula is C30H33FN6O4Si. The Bertz CT molecular complexity index is 1790. The van der Waals surface area contributed by atoms with Crippen LogP contribution in [0.15, 0.2) is 52.2 Å². The molecule has 0 unspecified atom stereocenters. The van der Waals surface area contributed by atoms with E-state index >= 15 is 0 Å². The van der Waals surface area contributed by atoms with Crippen LogP contribution in [-0.4, -0.2) is 50.9 Å². The van der Waals surface area contributed by atoms with Crippen LogP contribution in [0.3, 0.4) is 0 Å². The SMILES string of the molecule is Cc1c2c(=O)[nH]c(-c3nc(-c4cnccn4)no3)cc2c(-c2cc(F)ccc2OCC2CC2)n1COCC[Si](C)(C)C. The van der Waals surface area contributed by atoms with Gasteiger partial charge in [0.05, 0.1) is 23.9 Å². The van der Waals surface area contributed by atoms with Gasteiger partial charge in [-0.25, -0.2) is 9.37 Å². The highest BCUT2D eigenvalue weighted by atomic mass is 28.3. The molecule has 0 amide bonds. The van der Waals surface area contributed by atoms with E-state index < -0.39 is 13.9 Å². The molecule has 4 heterocycles. The molecule has 5 aromatic rings. The number of aryl methyl sites for hydroxylation is 1. The van der Waals surface area contributed by atoms with E-state index in [0.717, 1.165) is 18.9 Å². The standard InChI is InChI=1S/C30H33FN6O4Si/c1-18-26-22(14-23(34-29(26)38)30-35-28(36-41-30)24-15-32-9-10-33-24)27(37(18)17-39-11-12-42(2,3)4)21-13-20(31)7-8-25(21)40-16-19-5-6-19/h7-10,13-15,19H,5-6,11-12,16-17H2,1-4H3,(H,34,38). The van der Waals surface area contributed by atoms with Gasteiger partial charge in [0.1, 0.15) is 29.7 Å². The lowest BCUT2D eigenvalue weighted by atomic mass is 10.1. The number of nitrogens with zero attached hydrogens (tertiary/aromatic N) is 5. The second-order valence-electron chi connectivity index (χ2n) is 11.9. The molecular weight excluding hydrogens is 555 g/mol. The van der Waals surface area contributed by atoms with Gasteiger partial charge in [-0.2, -0.15) is 4.98 Å². The number of pyridine rings is 1. The van der Waals surface area contributed by atoms with Crippen LogP contribution in [0.5, 0.6) is 5.75 Å². The molecule has 4 aromatic heterocycles. The molecule has 0 atom stereocenters. The maximum atomic E-state index is 14.8. The summed E-state index contributed by atoms with van der Waals surface area (Å²) in [7, 11) is -1.32. The van der Waals surface area contributed by atoms with Crippen LogP contribution in [0.25, 0.3) is 45.1 Å². The fourth-order valence-electron chi connectivity index (χ4n) is 4.81. The summed E-state index contributed by atoms with van der Waals surface area (Å²) in [6.07, 6.45) is 6.86. The minimum absolute atomic E-state index is 0.113. The summed E-state index contributed by atoms with van der Waals surface area (Å²) in [5.41, 5.74) is 2.30. The van der Waals surface area contributed by atoms with Crippen molar-refractivity contribution in [3.05, 3.63) is 64.7 Å². The largest absolute Gasteiger partial charge is 0.493 e. The van der Waals surface area contributed by atoms with Crippen molar-refractivity contribution in [1.29, 1.82) is 0 Å². The summed E-state index contributed by atoms with van der Waals surface area (Å²) < 4.78 is 34.6. The third-order valence-corrected chi connectivity index (χ3v) is 9.06. The Labute approximate surface area is 242 Å². The number of H-pyrrole nitrogens is 1. The summed E-state index contributed by atoms with van der Waals surface area (Å²) in [4.78, 5) is 29.2. The Morgan fingerprint density at radius 2 is 2.02 bits per heavy atom. The normalized spacial score (nSPS) is 13.6. The minimum Gasteiger partial charge on any atom is -0.493 e. The molecule has 0 saturated heterocycles. The number of hydrogen-bond donors (Lipinski definition) is 1. The Balaban J connectivity index is 1.48. The summed E-state index contributed by atoms with van der Waals surface area (Å²) >= 11 is 0. The maximum absolute atomic E-state index is 14.8. The number of rotatable bonds is 11. The van der Waals surface area contributed by atoms with Crippen LogP contribution in [0.2, 0.25) is 25.7 Å². The molecule has 0 spiro atoms. The first-order chi connectivity index (χ1) is 20.2. The summed E-state index contributed by atoms with van der Waals surface area (Å²) in [5.74, 6) is 1.01. The topological polar surface area (TPSA) is 121 Å². The first-order valence-corrected chi connectivity index (χ1v) is 17.8. The molecule has 1 N–H and O–H groups in total. The number of aromatic amines is 1. The quantitative estimate of drug-likeness (QED) is 0.146. The van der Waals surface area contributed by atoms with Crippen LogP contribution in [0.4, 0.5) is 4.39 Å². The van der Waals surface area contributed by atoms with Crippen LogP contribution >= 0.6 is 0 Å². The molecule has 1 fully saturated rings. The Kier molecular flexibility index (Phi) is 7.50. The van der Waals surface area contributed by atoms with Gasteiger partial charge in [0, 0.05) is 43.7 Å². The fraction of sp³-hybridized carbons (Fsp3) is 0.367. The van der Waals surface area contributed by atoms with E-state index in [4.69, 9.17) is 14.0 Å². The number of fused-ring (bicyclic) bond motifs is 1. The lowest BCUT2D eigenvalue weighted by molar-refractivity contribution is 0.0875.